The van der Waals surface area contributed by atoms with E-state index in [2.05, 4.69) is 5.32 Å². The van der Waals surface area contributed by atoms with E-state index in [-0.39, 0.29) is 23.7 Å². The highest BCUT2D eigenvalue weighted by molar-refractivity contribution is 8.13. The summed E-state index contributed by atoms with van der Waals surface area (Å²) in [5, 5.41) is 2.94. The van der Waals surface area contributed by atoms with Gasteiger partial charge in [0.2, 0.25) is 5.91 Å². The van der Waals surface area contributed by atoms with Crippen LogP contribution < -0.4 is 14.8 Å². The molecule has 1 aromatic carbocycles. The molecule has 24 heavy (non-hydrogen) atoms. The fourth-order valence-electron chi connectivity index (χ4n) is 2.89. The zero-order chi connectivity index (χ0) is 17.1. The van der Waals surface area contributed by atoms with Crippen LogP contribution in [-0.4, -0.2) is 47.6 Å². The molecule has 2 heterocycles. The minimum absolute atomic E-state index is 0.0534. The van der Waals surface area contributed by atoms with Crippen molar-refractivity contribution in [3.63, 3.8) is 0 Å². The average molecular weight is 350 g/mol. The van der Waals surface area contributed by atoms with Crippen LogP contribution in [0.15, 0.2) is 12.1 Å². The molecule has 0 aromatic heterocycles. The standard InChI is InChI=1S/C17H22N2O4S/c1-3-22-15-9-12-8-11(2)23-14(12)10-13(15)18-16(20)4-5-19-6-7-24-17(19)21/h9-11H,3-8H2,1-2H3,(H,18,20). The van der Waals surface area contributed by atoms with E-state index >= 15 is 0 Å². The van der Waals surface area contributed by atoms with Crippen molar-refractivity contribution >= 4 is 28.6 Å². The van der Waals surface area contributed by atoms with Crippen LogP contribution in [0.5, 0.6) is 11.5 Å². The number of nitrogens with one attached hydrogen (secondary N) is 1. The minimum atomic E-state index is -0.133. The summed E-state index contributed by atoms with van der Waals surface area (Å²) in [6.07, 6.45) is 1.25. The van der Waals surface area contributed by atoms with Crippen LogP contribution in [0, 0.1) is 0 Å². The molecule has 0 spiro atoms. The third-order valence-electron chi connectivity index (χ3n) is 4.03. The summed E-state index contributed by atoms with van der Waals surface area (Å²) < 4.78 is 11.4. The van der Waals surface area contributed by atoms with Gasteiger partial charge in [0.15, 0.2) is 0 Å². The molecule has 0 saturated carbocycles. The third kappa shape index (κ3) is 3.77. The van der Waals surface area contributed by atoms with Crippen LogP contribution in [0.3, 0.4) is 0 Å². The number of thioether (sulfide) groups is 1. The van der Waals surface area contributed by atoms with Gasteiger partial charge in [0.1, 0.15) is 17.6 Å². The number of hydrogen-bond donors (Lipinski definition) is 1. The lowest BCUT2D eigenvalue weighted by atomic mass is 10.1. The van der Waals surface area contributed by atoms with Gasteiger partial charge in [0, 0.05) is 43.3 Å². The van der Waals surface area contributed by atoms with Crippen LogP contribution in [0.25, 0.3) is 0 Å². The fraction of sp³-hybridized carbons (Fsp3) is 0.529. The molecule has 130 valence electrons. The minimum Gasteiger partial charge on any atom is -0.492 e. The molecule has 0 aliphatic carbocycles. The van der Waals surface area contributed by atoms with E-state index in [0.717, 1.165) is 23.5 Å². The smallest absolute Gasteiger partial charge is 0.281 e. The highest BCUT2D eigenvalue weighted by atomic mass is 32.2. The maximum Gasteiger partial charge on any atom is 0.281 e. The SMILES string of the molecule is CCOc1cc2c(cc1NC(=O)CCN1CCSC1=O)OC(C)C2. The van der Waals surface area contributed by atoms with Gasteiger partial charge in [-0.05, 0) is 19.9 Å². The number of carbonyl (C=O) groups excluding carboxylic acids is 2. The van der Waals surface area contributed by atoms with Gasteiger partial charge >= 0.3 is 0 Å². The monoisotopic (exact) mass is 350 g/mol. The Morgan fingerprint density at radius 2 is 2.33 bits per heavy atom. The van der Waals surface area contributed by atoms with Crippen LogP contribution in [0.4, 0.5) is 10.5 Å². The number of benzene rings is 1. The first-order chi connectivity index (χ1) is 11.6. The molecular weight excluding hydrogens is 328 g/mol. The molecule has 2 aliphatic heterocycles. The lowest BCUT2D eigenvalue weighted by Gasteiger charge is -2.16. The van der Waals surface area contributed by atoms with E-state index in [9.17, 15) is 9.59 Å². The molecule has 2 amide bonds. The predicted octanol–water partition coefficient (Wildman–Crippen LogP) is 2.91. The molecule has 1 unspecified atom stereocenters. The Labute approximate surface area is 145 Å². The van der Waals surface area contributed by atoms with Gasteiger partial charge in [-0.25, -0.2) is 0 Å². The maximum atomic E-state index is 12.2. The van der Waals surface area contributed by atoms with Gasteiger partial charge in [-0.1, -0.05) is 11.8 Å². The van der Waals surface area contributed by atoms with E-state index < -0.39 is 0 Å². The Morgan fingerprint density at radius 1 is 1.50 bits per heavy atom. The van der Waals surface area contributed by atoms with E-state index in [0.29, 0.717) is 31.1 Å². The fourth-order valence-corrected chi connectivity index (χ4v) is 3.74. The molecular formula is C17H22N2O4S. The second-order valence-corrected chi connectivity index (χ2v) is 6.97. The summed E-state index contributed by atoms with van der Waals surface area (Å²) in [6, 6.07) is 3.77. The van der Waals surface area contributed by atoms with Gasteiger partial charge in [-0.15, -0.1) is 0 Å². The molecule has 7 heteroatoms. The Morgan fingerprint density at radius 3 is 3.04 bits per heavy atom. The van der Waals surface area contributed by atoms with Crippen molar-refractivity contribution in [3.05, 3.63) is 17.7 Å². The number of rotatable bonds is 6. The van der Waals surface area contributed by atoms with Crippen molar-refractivity contribution in [1.29, 1.82) is 0 Å². The lowest BCUT2D eigenvalue weighted by Crippen LogP contribution is -2.27. The van der Waals surface area contributed by atoms with E-state index in [1.54, 1.807) is 4.90 Å². The van der Waals surface area contributed by atoms with Crippen LogP contribution in [0.1, 0.15) is 25.8 Å². The molecule has 1 fully saturated rings. The number of anilines is 1. The number of carbonyl (C=O) groups is 2. The van der Waals surface area contributed by atoms with E-state index in [1.807, 2.05) is 26.0 Å². The zero-order valence-electron chi connectivity index (χ0n) is 14.0. The van der Waals surface area contributed by atoms with Gasteiger partial charge in [0.25, 0.3) is 5.24 Å². The van der Waals surface area contributed by atoms with E-state index in [4.69, 9.17) is 9.47 Å². The second-order valence-electron chi connectivity index (χ2n) is 5.92. The second kappa shape index (κ2) is 7.34. The van der Waals surface area contributed by atoms with Gasteiger partial charge in [-0.2, -0.15) is 0 Å². The van der Waals surface area contributed by atoms with E-state index in [1.165, 1.54) is 11.8 Å². The molecule has 6 nitrogen and oxygen atoms in total. The Kier molecular flexibility index (Phi) is 5.18. The molecule has 0 radical (unpaired) electrons. The number of nitrogens with zero attached hydrogens (tertiary/aromatic N) is 1. The number of fused-ring (bicyclic) bond motifs is 1. The van der Waals surface area contributed by atoms with Gasteiger partial charge in [0.05, 0.1) is 12.3 Å². The summed E-state index contributed by atoms with van der Waals surface area (Å²) in [5.74, 6) is 2.13. The number of hydrogen-bond acceptors (Lipinski definition) is 5. The molecule has 0 bridgehead atoms. The molecule has 1 saturated heterocycles. The molecule has 3 rings (SSSR count). The molecule has 1 N–H and O–H groups in total. The largest absolute Gasteiger partial charge is 0.492 e. The van der Waals surface area contributed by atoms with Crippen molar-refractivity contribution in [2.24, 2.45) is 0 Å². The summed E-state index contributed by atoms with van der Waals surface area (Å²) >= 11 is 1.30. The summed E-state index contributed by atoms with van der Waals surface area (Å²) in [7, 11) is 0. The lowest BCUT2D eigenvalue weighted by molar-refractivity contribution is -0.116. The first-order valence-corrected chi connectivity index (χ1v) is 9.23. The maximum absolute atomic E-state index is 12.2. The molecule has 1 atom stereocenters. The quantitative estimate of drug-likeness (QED) is 0.854. The third-order valence-corrected chi connectivity index (χ3v) is 4.92. The average Bonchev–Trinajstić information content (AvgIpc) is 3.10. The van der Waals surface area contributed by atoms with Crippen molar-refractivity contribution < 1.29 is 19.1 Å². The van der Waals surface area contributed by atoms with Crippen molar-refractivity contribution in [3.8, 4) is 11.5 Å². The number of amides is 2. The Hall–Kier alpha value is -1.89. The molecule has 1 aromatic rings. The van der Waals surface area contributed by atoms with Crippen molar-refractivity contribution in [2.75, 3.05) is 30.8 Å². The van der Waals surface area contributed by atoms with Crippen molar-refractivity contribution in [2.45, 2.75) is 32.8 Å². The topological polar surface area (TPSA) is 67.9 Å². The van der Waals surface area contributed by atoms with Crippen LogP contribution >= 0.6 is 11.8 Å². The van der Waals surface area contributed by atoms with Gasteiger partial charge in [-0.3, -0.25) is 9.59 Å². The zero-order valence-corrected chi connectivity index (χ0v) is 14.8. The summed E-state index contributed by atoms with van der Waals surface area (Å²) in [4.78, 5) is 25.5. The number of ether oxygens (including phenoxy) is 2. The summed E-state index contributed by atoms with van der Waals surface area (Å²) in [6.45, 7) is 5.61. The highest BCUT2D eigenvalue weighted by Crippen LogP contribution is 2.38. The van der Waals surface area contributed by atoms with Crippen LogP contribution in [0.2, 0.25) is 0 Å². The predicted molar refractivity (Wildman–Crippen MR) is 94.1 cm³/mol. The van der Waals surface area contributed by atoms with Crippen molar-refractivity contribution in [1.82, 2.24) is 4.90 Å². The van der Waals surface area contributed by atoms with Gasteiger partial charge < -0.3 is 19.7 Å². The molecule has 2 aliphatic rings. The normalized spacial score (nSPS) is 19.2. The van der Waals surface area contributed by atoms with Crippen LogP contribution in [-0.2, 0) is 11.2 Å². The first kappa shape index (κ1) is 17.0. The summed E-state index contributed by atoms with van der Waals surface area (Å²) in [5.41, 5.74) is 1.72. The Balaban J connectivity index is 1.66. The Bertz CT molecular complexity index is 650. The first-order valence-electron chi connectivity index (χ1n) is 8.24. The highest BCUT2D eigenvalue weighted by Gasteiger charge is 2.24.